The first-order valence-corrected chi connectivity index (χ1v) is 4.92. The van der Waals surface area contributed by atoms with E-state index in [2.05, 4.69) is 20.8 Å². The molecule has 0 spiro atoms. The first-order valence-electron chi connectivity index (χ1n) is 4.92. The maximum absolute atomic E-state index is 11.3. The Balaban J connectivity index is 2.06. The molecule has 88 valence electrons. The van der Waals surface area contributed by atoms with Crippen LogP contribution in [0, 0.1) is 0 Å². The number of nitrogens with zero attached hydrogens (tertiary/aromatic N) is 4. The third-order valence-electron chi connectivity index (χ3n) is 2.04. The van der Waals surface area contributed by atoms with Crippen LogP contribution in [0.25, 0.3) is 5.69 Å². The third kappa shape index (κ3) is 2.85. The maximum Gasteiger partial charge on any atom is 0.250 e. The Kier molecular flexibility index (Phi) is 3.41. The van der Waals surface area contributed by atoms with Gasteiger partial charge >= 0.3 is 0 Å². The molecule has 0 aliphatic heterocycles. The van der Waals surface area contributed by atoms with Gasteiger partial charge in [0, 0.05) is 12.8 Å². The highest BCUT2D eigenvalue weighted by Gasteiger charge is 2.02. The zero-order valence-corrected chi connectivity index (χ0v) is 9.20. The lowest BCUT2D eigenvalue weighted by atomic mass is 10.3. The number of nitrogens with one attached hydrogen (secondary N) is 1. The minimum atomic E-state index is -0.192. The molecule has 0 aliphatic carbocycles. The predicted octanol–water partition coefficient (Wildman–Crippen LogP) is 0.247. The van der Waals surface area contributed by atoms with Crippen LogP contribution in [0.5, 0.6) is 0 Å². The van der Waals surface area contributed by atoms with Crippen molar-refractivity contribution in [2.24, 2.45) is 0 Å². The lowest BCUT2D eigenvalue weighted by Crippen LogP contribution is -2.16. The molecule has 0 unspecified atom stereocenters. The largest absolute Gasteiger partial charge is 0.375 e. The van der Waals surface area contributed by atoms with Crippen LogP contribution >= 0.6 is 0 Å². The average molecular weight is 233 g/mol. The minimum absolute atomic E-state index is 0.0365. The van der Waals surface area contributed by atoms with Gasteiger partial charge in [0.1, 0.15) is 12.9 Å². The van der Waals surface area contributed by atoms with E-state index in [1.165, 1.54) is 18.1 Å². The molecule has 7 nitrogen and oxygen atoms in total. The first-order chi connectivity index (χ1) is 8.29. The number of hydrogen-bond donors (Lipinski definition) is 1. The molecule has 2 rings (SSSR count). The highest BCUT2D eigenvalue weighted by molar-refractivity contribution is 5.91. The van der Waals surface area contributed by atoms with Crippen LogP contribution in [-0.2, 0) is 9.53 Å². The van der Waals surface area contributed by atoms with Crippen molar-refractivity contribution in [3.05, 3.63) is 30.6 Å². The number of hydrogen-bond acceptors (Lipinski definition) is 5. The minimum Gasteiger partial charge on any atom is -0.375 e. The summed E-state index contributed by atoms with van der Waals surface area (Å²) in [5, 5.41) is 13.5. The molecule has 0 saturated carbocycles. The standard InChI is InChI=1S/C10H11N5O2/c1-17-6-10(16)12-8-2-4-9(5-3-8)15-7-11-13-14-15/h2-5,7H,6H2,1H3,(H,12,16). The molecule has 1 amide bonds. The topological polar surface area (TPSA) is 81.9 Å². The van der Waals surface area contributed by atoms with E-state index in [1.54, 1.807) is 24.3 Å². The summed E-state index contributed by atoms with van der Waals surface area (Å²) in [6.45, 7) is 0.0365. The number of aromatic nitrogens is 4. The van der Waals surface area contributed by atoms with Gasteiger partial charge in [0.15, 0.2) is 0 Å². The van der Waals surface area contributed by atoms with Crippen molar-refractivity contribution < 1.29 is 9.53 Å². The number of ether oxygens (including phenoxy) is 1. The summed E-state index contributed by atoms with van der Waals surface area (Å²) in [5.74, 6) is -0.192. The molecule has 0 radical (unpaired) electrons. The van der Waals surface area contributed by atoms with Crippen LogP contribution in [0.1, 0.15) is 0 Å². The summed E-state index contributed by atoms with van der Waals surface area (Å²) < 4.78 is 6.24. The van der Waals surface area contributed by atoms with E-state index in [-0.39, 0.29) is 12.5 Å². The van der Waals surface area contributed by atoms with E-state index in [0.717, 1.165) is 5.69 Å². The molecule has 7 heteroatoms. The Bertz CT molecular complexity index is 480. The van der Waals surface area contributed by atoms with E-state index in [0.29, 0.717) is 5.69 Å². The second kappa shape index (κ2) is 5.17. The molecule has 1 aromatic heterocycles. The number of carbonyl (C=O) groups is 1. The molecule has 1 N–H and O–H groups in total. The molecule has 0 aliphatic rings. The third-order valence-corrected chi connectivity index (χ3v) is 2.04. The molecular weight excluding hydrogens is 222 g/mol. The number of tetrazole rings is 1. The number of rotatable bonds is 4. The van der Waals surface area contributed by atoms with Crippen molar-refractivity contribution in [3.8, 4) is 5.69 Å². The summed E-state index contributed by atoms with van der Waals surface area (Å²) in [5.41, 5.74) is 1.52. The molecule has 1 heterocycles. The molecule has 2 aromatic rings. The molecular formula is C10H11N5O2. The highest BCUT2D eigenvalue weighted by atomic mass is 16.5. The van der Waals surface area contributed by atoms with Crippen molar-refractivity contribution in [1.82, 2.24) is 20.2 Å². The van der Waals surface area contributed by atoms with Gasteiger partial charge in [0.05, 0.1) is 5.69 Å². The summed E-state index contributed by atoms with van der Waals surface area (Å²) in [4.78, 5) is 11.3. The average Bonchev–Trinajstić information content (AvgIpc) is 2.84. The molecule has 17 heavy (non-hydrogen) atoms. The summed E-state index contributed by atoms with van der Waals surface area (Å²) >= 11 is 0. The van der Waals surface area contributed by atoms with Gasteiger partial charge in [-0.1, -0.05) is 0 Å². The van der Waals surface area contributed by atoms with E-state index in [1.807, 2.05) is 0 Å². The van der Waals surface area contributed by atoms with Crippen molar-refractivity contribution >= 4 is 11.6 Å². The maximum atomic E-state index is 11.3. The number of carbonyl (C=O) groups excluding carboxylic acids is 1. The fourth-order valence-corrected chi connectivity index (χ4v) is 1.31. The Morgan fingerprint density at radius 2 is 2.18 bits per heavy atom. The SMILES string of the molecule is COCC(=O)Nc1ccc(-n2cnnn2)cc1. The van der Waals surface area contributed by atoms with Crippen LogP contribution in [0.4, 0.5) is 5.69 Å². The van der Waals surface area contributed by atoms with Crippen LogP contribution in [0.15, 0.2) is 30.6 Å². The van der Waals surface area contributed by atoms with Crippen molar-refractivity contribution in [2.45, 2.75) is 0 Å². The number of benzene rings is 1. The molecule has 0 saturated heterocycles. The molecule has 0 fully saturated rings. The molecule has 0 bridgehead atoms. The van der Waals surface area contributed by atoms with Gasteiger partial charge in [-0.25, -0.2) is 4.68 Å². The van der Waals surface area contributed by atoms with Crippen molar-refractivity contribution in [1.29, 1.82) is 0 Å². The van der Waals surface area contributed by atoms with Crippen LogP contribution < -0.4 is 5.32 Å². The highest BCUT2D eigenvalue weighted by Crippen LogP contribution is 2.11. The van der Waals surface area contributed by atoms with Crippen molar-refractivity contribution in [2.75, 3.05) is 19.0 Å². The van der Waals surface area contributed by atoms with E-state index in [4.69, 9.17) is 4.74 Å². The van der Waals surface area contributed by atoms with Gasteiger partial charge in [0.2, 0.25) is 5.91 Å². The van der Waals surface area contributed by atoms with Crippen LogP contribution in [0.2, 0.25) is 0 Å². The molecule has 0 atom stereocenters. The summed E-state index contributed by atoms with van der Waals surface area (Å²) in [6, 6.07) is 7.15. The number of amides is 1. The fraction of sp³-hybridized carbons (Fsp3) is 0.200. The van der Waals surface area contributed by atoms with Crippen molar-refractivity contribution in [3.63, 3.8) is 0 Å². The van der Waals surface area contributed by atoms with Gasteiger partial charge in [0.25, 0.3) is 0 Å². The van der Waals surface area contributed by atoms with Gasteiger partial charge in [-0.3, -0.25) is 4.79 Å². The predicted molar refractivity (Wildman–Crippen MR) is 59.7 cm³/mol. The number of anilines is 1. The lowest BCUT2D eigenvalue weighted by Gasteiger charge is -2.05. The lowest BCUT2D eigenvalue weighted by molar-refractivity contribution is -0.119. The van der Waals surface area contributed by atoms with Crippen LogP contribution in [0.3, 0.4) is 0 Å². The van der Waals surface area contributed by atoms with Gasteiger partial charge in [-0.2, -0.15) is 0 Å². The zero-order valence-electron chi connectivity index (χ0n) is 9.20. The normalized spacial score (nSPS) is 10.2. The molecule has 1 aromatic carbocycles. The van der Waals surface area contributed by atoms with Gasteiger partial charge in [-0.05, 0) is 34.7 Å². The fourth-order valence-electron chi connectivity index (χ4n) is 1.31. The Labute approximate surface area is 97.4 Å². The Morgan fingerprint density at radius 1 is 1.41 bits per heavy atom. The second-order valence-corrected chi connectivity index (χ2v) is 3.28. The number of methoxy groups -OCH3 is 1. The monoisotopic (exact) mass is 233 g/mol. The van der Waals surface area contributed by atoms with E-state index < -0.39 is 0 Å². The quantitative estimate of drug-likeness (QED) is 0.818. The summed E-state index contributed by atoms with van der Waals surface area (Å²) in [7, 11) is 1.47. The first kappa shape index (κ1) is 11.2. The Hall–Kier alpha value is -2.28. The van der Waals surface area contributed by atoms with Gasteiger partial charge < -0.3 is 10.1 Å². The van der Waals surface area contributed by atoms with E-state index in [9.17, 15) is 4.79 Å². The van der Waals surface area contributed by atoms with Crippen LogP contribution in [-0.4, -0.2) is 39.8 Å². The second-order valence-electron chi connectivity index (χ2n) is 3.28. The summed E-state index contributed by atoms with van der Waals surface area (Å²) in [6.07, 6.45) is 1.50. The smallest absolute Gasteiger partial charge is 0.250 e. The zero-order chi connectivity index (χ0) is 12.1. The Morgan fingerprint density at radius 3 is 2.76 bits per heavy atom. The van der Waals surface area contributed by atoms with E-state index >= 15 is 0 Å². The van der Waals surface area contributed by atoms with Gasteiger partial charge in [-0.15, -0.1) is 5.10 Å².